The maximum atomic E-state index is 12.3. The Morgan fingerprint density at radius 3 is 1.85 bits per heavy atom. The van der Waals surface area contributed by atoms with Gasteiger partial charge in [0.05, 0.1) is 18.8 Å². The molecule has 6 heteroatoms. The van der Waals surface area contributed by atoms with E-state index in [4.69, 9.17) is 20.9 Å². The summed E-state index contributed by atoms with van der Waals surface area (Å²) in [6.45, 7) is 1.02. The van der Waals surface area contributed by atoms with Crippen molar-refractivity contribution in [2.45, 2.75) is 44.9 Å². The molecule has 4 N–H and O–H groups in total. The van der Waals surface area contributed by atoms with Crippen LogP contribution < -0.4 is 16.2 Å². The minimum Gasteiger partial charge on any atom is -0.494 e. The van der Waals surface area contributed by atoms with Gasteiger partial charge in [0.2, 0.25) is 0 Å². The van der Waals surface area contributed by atoms with Gasteiger partial charge in [-0.15, -0.1) is 0 Å². The molecule has 0 aromatic heterocycles. The van der Waals surface area contributed by atoms with Crippen molar-refractivity contribution in [2.75, 3.05) is 24.7 Å². The Bertz CT molecular complexity index is 1380. The first-order valence-corrected chi connectivity index (χ1v) is 14.2. The fourth-order valence-corrected chi connectivity index (χ4v) is 4.58. The van der Waals surface area contributed by atoms with Gasteiger partial charge in [-0.05, 0) is 85.5 Å². The second-order valence-corrected chi connectivity index (χ2v) is 10.2. The third-order valence-electron chi connectivity index (χ3n) is 6.85. The lowest BCUT2D eigenvalue weighted by atomic mass is 10.00. The lowest BCUT2D eigenvalue weighted by molar-refractivity contribution is 0.0497. The first kappa shape index (κ1) is 29.4. The van der Waals surface area contributed by atoms with Gasteiger partial charge in [-0.25, -0.2) is 4.79 Å². The highest BCUT2D eigenvalue weighted by atomic mass is 16.5. The summed E-state index contributed by atoms with van der Waals surface area (Å²) in [5.41, 5.74) is 17.1. The van der Waals surface area contributed by atoms with Gasteiger partial charge in [0.25, 0.3) is 0 Å². The molecule has 4 rings (SSSR count). The SMILES string of the molecule is Nc1cc(N)cc(C(=O)OCCCCCCOc2ccc(Cc3ccc(CCC(=O)c4ccccc4)cc3)cc2)c1. The van der Waals surface area contributed by atoms with E-state index in [0.29, 0.717) is 36.6 Å². The predicted octanol–water partition coefficient (Wildman–Crippen LogP) is 7.05. The molecule has 0 saturated carbocycles. The van der Waals surface area contributed by atoms with Crippen LogP contribution in [0.2, 0.25) is 0 Å². The second-order valence-electron chi connectivity index (χ2n) is 10.2. The van der Waals surface area contributed by atoms with Crippen molar-refractivity contribution in [3.63, 3.8) is 0 Å². The normalized spacial score (nSPS) is 10.7. The Morgan fingerprint density at radius 2 is 1.20 bits per heavy atom. The largest absolute Gasteiger partial charge is 0.494 e. The van der Waals surface area contributed by atoms with Crippen molar-refractivity contribution in [2.24, 2.45) is 0 Å². The summed E-state index contributed by atoms with van der Waals surface area (Å²) >= 11 is 0. The number of benzene rings is 4. The monoisotopic (exact) mass is 550 g/mol. The highest BCUT2D eigenvalue weighted by Gasteiger charge is 2.09. The van der Waals surface area contributed by atoms with E-state index in [0.717, 1.165) is 49.8 Å². The average Bonchev–Trinajstić information content (AvgIpc) is 2.98. The Labute approximate surface area is 242 Å². The lowest BCUT2D eigenvalue weighted by Gasteiger charge is -2.09. The van der Waals surface area contributed by atoms with Gasteiger partial charge in [-0.2, -0.15) is 0 Å². The zero-order valence-electron chi connectivity index (χ0n) is 23.4. The van der Waals surface area contributed by atoms with E-state index < -0.39 is 5.97 Å². The molecule has 0 saturated heterocycles. The first-order valence-electron chi connectivity index (χ1n) is 14.2. The van der Waals surface area contributed by atoms with Crippen molar-refractivity contribution in [3.05, 3.63) is 125 Å². The summed E-state index contributed by atoms with van der Waals surface area (Å²) in [4.78, 5) is 24.4. The molecule has 0 spiro atoms. The van der Waals surface area contributed by atoms with Crippen LogP contribution in [0.1, 0.15) is 69.5 Å². The van der Waals surface area contributed by atoms with Gasteiger partial charge in [0.1, 0.15) is 5.75 Å². The smallest absolute Gasteiger partial charge is 0.338 e. The minimum absolute atomic E-state index is 0.178. The van der Waals surface area contributed by atoms with Crippen LogP contribution in [0.15, 0.2) is 97.1 Å². The molecule has 41 heavy (non-hydrogen) atoms. The highest BCUT2D eigenvalue weighted by Crippen LogP contribution is 2.18. The minimum atomic E-state index is -0.403. The standard InChI is InChI=1S/C35H38N2O4/c36-31-23-30(24-32(37)25-31)35(39)41-21-7-2-1-6-20-40-33-17-14-28(15-18-33)22-27-12-10-26(11-13-27)16-19-34(38)29-8-4-3-5-9-29/h3-5,8-15,17-18,23-25H,1-2,6-7,16,19-22,36-37H2. The second kappa shape index (κ2) is 15.3. The topological polar surface area (TPSA) is 105 Å². The van der Waals surface area contributed by atoms with Crippen molar-refractivity contribution in [1.82, 2.24) is 0 Å². The van der Waals surface area contributed by atoms with Crippen LogP contribution in [0.4, 0.5) is 11.4 Å². The van der Waals surface area contributed by atoms with E-state index in [2.05, 4.69) is 36.4 Å². The number of ether oxygens (including phenoxy) is 2. The number of anilines is 2. The summed E-state index contributed by atoms with van der Waals surface area (Å²) < 4.78 is 11.2. The van der Waals surface area contributed by atoms with Gasteiger partial charge in [-0.1, -0.05) is 66.7 Å². The van der Waals surface area contributed by atoms with E-state index >= 15 is 0 Å². The first-order chi connectivity index (χ1) is 20.0. The van der Waals surface area contributed by atoms with Gasteiger partial charge in [0, 0.05) is 23.4 Å². The number of Topliss-reactive ketones (excluding diaryl/α,β-unsaturated/α-hetero) is 1. The molecule has 0 unspecified atom stereocenters. The summed E-state index contributed by atoms with van der Waals surface area (Å²) in [5.74, 6) is 0.638. The molecule has 0 aliphatic rings. The van der Waals surface area contributed by atoms with E-state index in [1.54, 1.807) is 18.2 Å². The van der Waals surface area contributed by atoms with Gasteiger partial charge >= 0.3 is 5.97 Å². The average molecular weight is 551 g/mol. The van der Waals surface area contributed by atoms with E-state index in [-0.39, 0.29) is 5.78 Å². The molecule has 0 heterocycles. The van der Waals surface area contributed by atoms with Gasteiger partial charge in [-0.3, -0.25) is 4.79 Å². The third-order valence-corrected chi connectivity index (χ3v) is 6.85. The number of hydrogen-bond acceptors (Lipinski definition) is 6. The number of hydrogen-bond donors (Lipinski definition) is 2. The molecule has 212 valence electrons. The molecule has 4 aromatic carbocycles. The molecule has 4 aromatic rings. The number of carbonyl (C=O) groups excluding carboxylic acids is 2. The Balaban J connectivity index is 1.08. The van der Waals surface area contributed by atoms with E-state index in [1.165, 1.54) is 16.7 Å². The lowest BCUT2D eigenvalue weighted by Crippen LogP contribution is -2.08. The van der Waals surface area contributed by atoms with Crippen molar-refractivity contribution in [1.29, 1.82) is 0 Å². The number of nitrogens with two attached hydrogens (primary N) is 2. The number of esters is 1. The molecule has 0 aliphatic heterocycles. The molecule has 0 fully saturated rings. The molecule has 6 nitrogen and oxygen atoms in total. The molecular weight excluding hydrogens is 512 g/mol. The van der Waals surface area contributed by atoms with Crippen LogP contribution in [-0.4, -0.2) is 25.0 Å². The van der Waals surface area contributed by atoms with E-state index in [1.807, 2.05) is 42.5 Å². The molecule has 0 aliphatic carbocycles. The van der Waals surface area contributed by atoms with Gasteiger partial charge < -0.3 is 20.9 Å². The number of aryl methyl sites for hydroxylation is 1. The van der Waals surface area contributed by atoms with Crippen LogP contribution in [0.5, 0.6) is 5.75 Å². The number of unbranched alkanes of at least 4 members (excludes halogenated alkanes) is 3. The third kappa shape index (κ3) is 9.84. The number of carbonyl (C=O) groups is 2. The molecule has 0 radical (unpaired) electrons. The maximum absolute atomic E-state index is 12.3. The van der Waals surface area contributed by atoms with Crippen LogP contribution >= 0.6 is 0 Å². The summed E-state index contributed by atoms with van der Waals surface area (Å²) in [5, 5.41) is 0. The Morgan fingerprint density at radius 1 is 0.610 bits per heavy atom. The Hall–Kier alpha value is -4.58. The van der Waals surface area contributed by atoms with Crippen molar-refractivity contribution in [3.8, 4) is 5.75 Å². The van der Waals surface area contributed by atoms with Crippen molar-refractivity contribution < 1.29 is 19.1 Å². The molecule has 0 atom stereocenters. The predicted molar refractivity (Wildman–Crippen MR) is 164 cm³/mol. The van der Waals surface area contributed by atoms with Gasteiger partial charge in [0.15, 0.2) is 5.78 Å². The van der Waals surface area contributed by atoms with Crippen LogP contribution in [0.25, 0.3) is 0 Å². The summed E-state index contributed by atoms with van der Waals surface area (Å²) in [7, 11) is 0. The van der Waals surface area contributed by atoms with Crippen LogP contribution in [0.3, 0.4) is 0 Å². The summed E-state index contributed by atoms with van der Waals surface area (Å²) in [6, 6.07) is 30.9. The van der Waals surface area contributed by atoms with Crippen molar-refractivity contribution >= 4 is 23.1 Å². The molecular formula is C35H38N2O4. The van der Waals surface area contributed by atoms with Crippen LogP contribution in [-0.2, 0) is 17.6 Å². The number of nitrogen functional groups attached to an aromatic ring is 2. The zero-order chi connectivity index (χ0) is 28.9. The fraction of sp³-hybridized carbons (Fsp3) is 0.257. The maximum Gasteiger partial charge on any atom is 0.338 e. The fourth-order valence-electron chi connectivity index (χ4n) is 4.58. The van der Waals surface area contributed by atoms with Crippen LogP contribution in [0, 0.1) is 0 Å². The zero-order valence-corrected chi connectivity index (χ0v) is 23.4. The highest BCUT2D eigenvalue weighted by molar-refractivity contribution is 5.96. The summed E-state index contributed by atoms with van der Waals surface area (Å²) in [6.07, 6.45) is 5.79. The number of rotatable bonds is 15. The number of ketones is 1. The molecule has 0 bridgehead atoms. The quantitative estimate of drug-likeness (QED) is 0.0711. The van der Waals surface area contributed by atoms with E-state index in [9.17, 15) is 9.59 Å². The Kier molecular flexibility index (Phi) is 11.0. The molecule has 0 amide bonds.